The second kappa shape index (κ2) is 10.1. The molecule has 0 spiro atoms. The first kappa shape index (κ1) is 15.9. The largest absolute Gasteiger partial charge is 0.480 e. The molecule has 0 saturated carbocycles. The monoisotopic (exact) mass is 255 g/mol. The number of nitrogens with zero attached hydrogens (tertiary/aromatic N) is 1. The number of hydrogen-bond donors (Lipinski definition) is 3. The predicted molar refractivity (Wildman–Crippen MR) is 63.5 cm³/mol. The molecule has 0 atom stereocenters. The first-order valence-electron chi connectivity index (χ1n) is 5.53. The molecule has 7 heteroatoms. The van der Waals surface area contributed by atoms with Crippen molar-refractivity contribution in [2.45, 2.75) is 13.3 Å². The second-order valence-corrected chi connectivity index (χ2v) is 3.25. The standard InChI is InChI=1S/C11H17N3O4/c1-2-18-5-3-4-13-7-9(6-12)11(17)14-8-10(15)16/h7,13H,2-5,8H2,1H3,(H,14,17)(H,15,16)/b9-7-. The highest BCUT2D eigenvalue weighted by molar-refractivity contribution is 5.98. The zero-order valence-electron chi connectivity index (χ0n) is 10.2. The molecular formula is C11H17N3O4. The summed E-state index contributed by atoms with van der Waals surface area (Å²) in [6.07, 6.45) is 2.02. The van der Waals surface area contributed by atoms with Gasteiger partial charge in [0, 0.05) is 26.0 Å². The van der Waals surface area contributed by atoms with Gasteiger partial charge in [0.2, 0.25) is 0 Å². The topological polar surface area (TPSA) is 111 Å². The Morgan fingerprint density at radius 3 is 2.78 bits per heavy atom. The molecule has 0 unspecified atom stereocenters. The van der Waals surface area contributed by atoms with Crippen LogP contribution in [0.15, 0.2) is 11.8 Å². The summed E-state index contributed by atoms with van der Waals surface area (Å²) in [5.41, 5.74) is -0.160. The van der Waals surface area contributed by atoms with Crippen molar-refractivity contribution in [3.05, 3.63) is 11.8 Å². The second-order valence-electron chi connectivity index (χ2n) is 3.25. The molecule has 1 amide bonds. The maximum Gasteiger partial charge on any atom is 0.322 e. The number of hydrogen-bond acceptors (Lipinski definition) is 5. The Bertz CT molecular complexity index is 347. The van der Waals surface area contributed by atoms with Gasteiger partial charge in [-0.1, -0.05) is 0 Å². The minimum absolute atomic E-state index is 0.160. The molecule has 0 aliphatic rings. The maximum absolute atomic E-state index is 11.3. The Balaban J connectivity index is 3.96. The molecule has 0 heterocycles. The van der Waals surface area contributed by atoms with Crippen LogP contribution in [0.1, 0.15) is 13.3 Å². The fraction of sp³-hybridized carbons (Fsp3) is 0.545. The zero-order chi connectivity index (χ0) is 13.8. The van der Waals surface area contributed by atoms with Crippen LogP contribution in [0.3, 0.4) is 0 Å². The number of amides is 1. The summed E-state index contributed by atoms with van der Waals surface area (Å²) in [5.74, 6) is -1.87. The molecule has 0 fully saturated rings. The number of nitriles is 1. The third-order valence-corrected chi connectivity index (χ3v) is 1.83. The van der Waals surface area contributed by atoms with Crippen LogP contribution < -0.4 is 10.6 Å². The van der Waals surface area contributed by atoms with Gasteiger partial charge < -0.3 is 20.5 Å². The van der Waals surface area contributed by atoms with E-state index in [9.17, 15) is 9.59 Å². The van der Waals surface area contributed by atoms with Gasteiger partial charge in [-0.25, -0.2) is 0 Å². The van der Waals surface area contributed by atoms with Crippen molar-refractivity contribution in [2.75, 3.05) is 26.3 Å². The van der Waals surface area contributed by atoms with E-state index in [2.05, 4.69) is 10.6 Å². The molecule has 18 heavy (non-hydrogen) atoms. The van der Waals surface area contributed by atoms with Crippen molar-refractivity contribution in [1.82, 2.24) is 10.6 Å². The highest BCUT2D eigenvalue weighted by atomic mass is 16.5. The molecule has 0 aromatic heterocycles. The lowest BCUT2D eigenvalue weighted by molar-refractivity contribution is -0.137. The lowest BCUT2D eigenvalue weighted by Crippen LogP contribution is -2.30. The normalized spacial score (nSPS) is 10.6. The Labute approximate surface area is 105 Å². The number of nitrogens with one attached hydrogen (secondary N) is 2. The van der Waals surface area contributed by atoms with Gasteiger partial charge in [0.05, 0.1) is 0 Å². The van der Waals surface area contributed by atoms with Crippen molar-refractivity contribution >= 4 is 11.9 Å². The smallest absolute Gasteiger partial charge is 0.322 e. The van der Waals surface area contributed by atoms with Gasteiger partial charge in [0.25, 0.3) is 5.91 Å². The van der Waals surface area contributed by atoms with Crippen LogP contribution >= 0.6 is 0 Å². The summed E-state index contributed by atoms with van der Waals surface area (Å²) in [6, 6.07) is 1.69. The van der Waals surface area contributed by atoms with Crippen LogP contribution in [-0.4, -0.2) is 43.3 Å². The number of aliphatic carboxylic acids is 1. The van der Waals surface area contributed by atoms with E-state index in [0.717, 1.165) is 6.42 Å². The molecule has 0 radical (unpaired) electrons. The van der Waals surface area contributed by atoms with E-state index in [4.69, 9.17) is 15.1 Å². The van der Waals surface area contributed by atoms with Crippen molar-refractivity contribution < 1.29 is 19.4 Å². The number of carbonyl (C=O) groups excluding carboxylic acids is 1. The van der Waals surface area contributed by atoms with Crippen molar-refractivity contribution in [1.29, 1.82) is 5.26 Å². The minimum Gasteiger partial charge on any atom is -0.480 e. The van der Waals surface area contributed by atoms with Gasteiger partial charge in [-0.3, -0.25) is 9.59 Å². The molecule has 0 aromatic carbocycles. The Morgan fingerprint density at radius 2 is 2.22 bits per heavy atom. The van der Waals surface area contributed by atoms with Gasteiger partial charge in [0.1, 0.15) is 18.2 Å². The molecule has 100 valence electrons. The fourth-order valence-electron chi connectivity index (χ4n) is 0.995. The average Bonchev–Trinajstić information content (AvgIpc) is 2.35. The molecular weight excluding hydrogens is 238 g/mol. The number of ether oxygens (including phenoxy) is 1. The maximum atomic E-state index is 11.3. The van der Waals surface area contributed by atoms with E-state index in [1.54, 1.807) is 6.07 Å². The molecule has 7 nitrogen and oxygen atoms in total. The molecule has 0 rings (SSSR count). The summed E-state index contributed by atoms with van der Waals surface area (Å²) in [5, 5.41) is 22.0. The number of rotatable bonds is 9. The fourth-order valence-corrected chi connectivity index (χ4v) is 0.995. The third-order valence-electron chi connectivity index (χ3n) is 1.83. The summed E-state index contributed by atoms with van der Waals surface area (Å²) in [4.78, 5) is 21.5. The predicted octanol–water partition coefficient (Wildman–Crippen LogP) is -0.389. The lowest BCUT2D eigenvalue weighted by Gasteiger charge is -2.03. The van der Waals surface area contributed by atoms with Crippen LogP contribution in [0.5, 0.6) is 0 Å². The van der Waals surface area contributed by atoms with Crippen LogP contribution in [-0.2, 0) is 14.3 Å². The molecule has 0 aliphatic carbocycles. The molecule has 0 aromatic rings. The van der Waals surface area contributed by atoms with Crippen LogP contribution in [0, 0.1) is 11.3 Å². The highest BCUT2D eigenvalue weighted by Crippen LogP contribution is 1.90. The number of carboxylic acids is 1. The van der Waals surface area contributed by atoms with E-state index in [0.29, 0.717) is 19.8 Å². The first-order valence-corrected chi connectivity index (χ1v) is 5.53. The van der Waals surface area contributed by atoms with Crippen LogP contribution in [0.2, 0.25) is 0 Å². The molecule has 0 saturated heterocycles. The number of carboxylic acid groups (broad SMARTS) is 1. The average molecular weight is 255 g/mol. The van der Waals surface area contributed by atoms with Gasteiger partial charge in [-0.05, 0) is 13.3 Å². The summed E-state index contributed by atoms with van der Waals surface area (Å²) in [7, 11) is 0. The zero-order valence-corrected chi connectivity index (χ0v) is 10.2. The van der Waals surface area contributed by atoms with Gasteiger partial charge in [-0.2, -0.15) is 5.26 Å². The quantitative estimate of drug-likeness (QED) is 0.294. The van der Waals surface area contributed by atoms with Crippen LogP contribution in [0.25, 0.3) is 0 Å². The van der Waals surface area contributed by atoms with E-state index in [-0.39, 0.29) is 5.57 Å². The third kappa shape index (κ3) is 8.13. The van der Waals surface area contributed by atoms with E-state index >= 15 is 0 Å². The van der Waals surface area contributed by atoms with Crippen molar-refractivity contribution in [3.63, 3.8) is 0 Å². The summed E-state index contributed by atoms with van der Waals surface area (Å²) in [6.45, 7) is 3.20. The van der Waals surface area contributed by atoms with Gasteiger partial charge in [0.15, 0.2) is 0 Å². The molecule has 0 bridgehead atoms. The Kier molecular flexibility index (Phi) is 8.95. The van der Waals surface area contributed by atoms with E-state index < -0.39 is 18.4 Å². The molecule has 3 N–H and O–H groups in total. The van der Waals surface area contributed by atoms with Gasteiger partial charge >= 0.3 is 5.97 Å². The lowest BCUT2D eigenvalue weighted by atomic mass is 10.3. The summed E-state index contributed by atoms with van der Waals surface area (Å²) < 4.78 is 5.11. The Hall–Kier alpha value is -2.07. The van der Waals surface area contributed by atoms with E-state index in [1.165, 1.54) is 6.20 Å². The minimum atomic E-state index is -1.16. The van der Waals surface area contributed by atoms with Crippen molar-refractivity contribution in [3.8, 4) is 6.07 Å². The summed E-state index contributed by atoms with van der Waals surface area (Å²) >= 11 is 0. The Morgan fingerprint density at radius 1 is 1.50 bits per heavy atom. The number of carbonyl (C=O) groups is 2. The van der Waals surface area contributed by atoms with Crippen molar-refractivity contribution in [2.24, 2.45) is 0 Å². The van der Waals surface area contributed by atoms with Crippen LogP contribution in [0.4, 0.5) is 0 Å². The SMILES string of the molecule is CCOCCCN/C=C(/C#N)C(=O)NCC(=O)O. The van der Waals surface area contributed by atoms with E-state index in [1.807, 2.05) is 6.92 Å². The highest BCUT2D eigenvalue weighted by Gasteiger charge is 2.09. The first-order chi connectivity index (χ1) is 8.61. The van der Waals surface area contributed by atoms with Gasteiger partial charge in [-0.15, -0.1) is 0 Å². The molecule has 0 aliphatic heterocycles.